The van der Waals surface area contributed by atoms with E-state index in [9.17, 15) is 4.79 Å². The van der Waals surface area contributed by atoms with E-state index in [1.807, 2.05) is 36.7 Å². The molecule has 0 aliphatic rings. The van der Waals surface area contributed by atoms with E-state index in [1.54, 1.807) is 4.90 Å². The fourth-order valence-electron chi connectivity index (χ4n) is 1.75. The van der Waals surface area contributed by atoms with E-state index < -0.39 is 0 Å². The molecule has 1 rings (SSSR count). The van der Waals surface area contributed by atoms with Crippen LogP contribution < -0.4 is 0 Å². The van der Waals surface area contributed by atoms with Crippen molar-refractivity contribution in [1.29, 1.82) is 0 Å². The summed E-state index contributed by atoms with van der Waals surface area (Å²) in [4.78, 5) is 13.9. The van der Waals surface area contributed by atoms with Crippen LogP contribution in [0, 0.1) is 0 Å². The van der Waals surface area contributed by atoms with Crippen molar-refractivity contribution >= 4 is 5.91 Å². The standard InChI is InChI=1S/C12H20N2O2/c1-3-7-14(9-10-15)12(16)11-6-5-8-13(11)4-2/h5-6,8,15H,3-4,7,9-10H2,1-2H3. The average molecular weight is 224 g/mol. The molecule has 0 bridgehead atoms. The second-order valence-electron chi connectivity index (χ2n) is 3.70. The highest BCUT2D eigenvalue weighted by Crippen LogP contribution is 2.07. The van der Waals surface area contributed by atoms with Crippen LogP contribution in [0.1, 0.15) is 30.8 Å². The number of aliphatic hydroxyl groups excluding tert-OH is 1. The lowest BCUT2D eigenvalue weighted by atomic mass is 10.3. The summed E-state index contributed by atoms with van der Waals surface area (Å²) < 4.78 is 1.92. The van der Waals surface area contributed by atoms with Gasteiger partial charge in [-0.25, -0.2) is 0 Å². The minimum Gasteiger partial charge on any atom is -0.395 e. The summed E-state index contributed by atoms with van der Waals surface area (Å²) in [5, 5.41) is 8.94. The topological polar surface area (TPSA) is 45.5 Å². The third-order valence-corrected chi connectivity index (χ3v) is 2.54. The molecule has 1 heterocycles. The van der Waals surface area contributed by atoms with Gasteiger partial charge in [-0.15, -0.1) is 0 Å². The summed E-state index contributed by atoms with van der Waals surface area (Å²) in [7, 11) is 0. The molecule has 1 N–H and O–H groups in total. The molecule has 1 amide bonds. The zero-order valence-electron chi connectivity index (χ0n) is 10.0. The number of aromatic nitrogens is 1. The van der Waals surface area contributed by atoms with Gasteiger partial charge in [0.2, 0.25) is 0 Å². The number of aliphatic hydroxyl groups is 1. The Kier molecular flexibility index (Phi) is 5.05. The lowest BCUT2D eigenvalue weighted by molar-refractivity contribution is 0.0711. The summed E-state index contributed by atoms with van der Waals surface area (Å²) in [6, 6.07) is 3.70. The molecule has 4 nitrogen and oxygen atoms in total. The van der Waals surface area contributed by atoms with Crippen molar-refractivity contribution in [3.05, 3.63) is 24.0 Å². The van der Waals surface area contributed by atoms with Gasteiger partial charge < -0.3 is 14.6 Å². The molecule has 0 spiro atoms. The van der Waals surface area contributed by atoms with E-state index in [0.29, 0.717) is 18.8 Å². The van der Waals surface area contributed by atoms with E-state index >= 15 is 0 Å². The van der Waals surface area contributed by atoms with Crippen LogP contribution in [0.25, 0.3) is 0 Å². The van der Waals surface area contributed by atoms with Crippen molar-refractivity contribution in [2.45, 2.75) is 26.8 Å². The first-order chi connectivity index (χ1) is 7.74. The Morgan fingerprint density at radius 2 is 2.19 bits per heavy atom. The van der Waals surface area contributed by atoms with Crippen LogP contribution in [0.3, 0.4) is 0 Å². The van der Waals surface area contributed by atoms with Gasteiger partial charge in [-0.1, -0.05) is 6.92 Å². The number of hydrogen-bond acceptors (Lipinski definition) is 2. The molecule has 0 atom stereocenters. The molecule has 0 aliphatic carbocycles. The fourth-order valence-corrected chi connectivity index (χ4v) is 1.75. The first-order valence-electron chi connectivity index (χ1n) is 5.79. The summed E-state index contributed by atoms with van der Waals surface area (Å²) in [6.45, 7) is 5.92. The van der Waals surface area contributed by atoms with Gasteiger partial charge in [0.05, 0.1) is 6.61 Å². The lowest BCUT2D eigenvalue weighted by Gasteiger charge is -2.21. The average Bonchev–Trinajstić information content (AvgIpc) is 2.75. The minimum atomic E-state index is 0.00255. The molecule has 16 heavy (non-hydrogen) atoms. The number of amides is 1. The Morgan fingerprint density at radius 3 is 2.75 bits per heavy atom. The maximum atomic E-state index is 12.2. The number of hydrogen-bond donors (Lipinski definition) is 1. The van der Waals surface area contributed by atoms with E-state index in [1.165, 1.54) is 0 Å². The maximum absolute atomic E-state index is 12.2. The second-order valence-corrected chi connectivity index (χ2v) is 3.70. The van der Waals surface area contributed by atoms with E-state index in [0.717, 1.165) is 13.0 Å². The molecule has 0 aliphatic heterocycles. The number of nitrogens with zero attached hydrogens (tertiary/aromatic N) is 2. The molecular weight excluding hydrogens is 204 g/mol. The van der Waals surface area contributed by atoms with Crippen LogP contribution in [0.2, 0.25) is 0 Å². The largest absolute Gasteiger partial charge is 0.395 e. The second kappa shape index (κ2) is 6.33. The molecule has 1 aromatic heterocycles. The molecule has 0 saturated carbocycles. The van der Waals surface area contributed by atoms with E-state index in [4.69, 9.17) is 5.11 Å². The van der Waals surface area contributed by atoms with Crippen LogP contribution in [0.15, 0.2) is 18.3 Å². The molecule has 0 saturated heterocycles. The fraction of sp³-hybridized carbons (Fsp3) is 0.583. The van der Waals surface area contributed by atoms with Crippen molar-refractivity contribution in [1.82, 2.24) is 9.47 Å². The first kappa shape index (κ1) is 12.8. The predicted molar refractivity (Wildman–Crippen MR) is 63.4 cm³/mol. The minimum absolute atomic E-state index is 0.00255. The molecule has 0 fully saturated rings. The molecule has 1 aromatic rings. The van der Waals surface area contributed by atoms with E-state index in [-0.39, 0.29) is 12.5 Å². The highest BCUT2D eigenvalue weighted by atomic mass is 16.3. The summed E-state index contributed by atoms with van der Waals surface area (Å²) in [6.07, 6.45) is 2.80. The van der Waals surface area contributed by atoms with Gasteiger partial charge in [0.25, 0.3) is 5.91 Å². The number of carbonyl (C=O) groups is 1. The van der Waals surface area contributed by atoms with Gasteiger partial charge in [0.15, 0.2) is 0 Å². The Bertz CT molecular complexity index is 328. The van der Waals surface area contributed by atoms with Gasteiger partial charge in [-0.05, 0) is 25.5 Å². The monoisotopic (exact) mass is 224 g/mol. The third-order valence-electron chi connectivity index (χ3n) is 2.54. The van der Waals surface area contributed by atoms with Gasteiger partial charge >= 0.3 is 0 Å². The van der Waals surface area contributed by atoms with Crippen LogP contribution in [0.5, 0.6) is 0 Å². The Labute approximate surface area is 96.5 Å². The highest BCUT2D eigenvalue weighted by molar-refractivity contribution is 5.92. The van der Waals surface area contributed by atoms with Gasteiger partial charge in [-0.3, -0.25) is 4.79 Å². The smallest absolute Gasteiger partial charge is 0.270 e. The summed E-state index contributed by atoms with van der Waals surface area (Å²) in [5.74, 6) is 0.00255. The van der Waals surface area contributed by atoms with Crippen LogP contribution >= 0.6 is 0 Å². The van der Waals surface area contributed by atoms with Crippen LogP contribution in [-0.4, -0.2) is 40.2 Å². The normalized spacial score (nSPS) is 10.4. The van der Waals surface area contributed by atoms with Crippen molar-refractivity contribution in [3.8, 4) is 0 Å². The number of rotatable bonds is 6. The molecule has 4 heteroatoms. The van der Waals surface area contributed by atoms with Crippen molar-refractivity contribution < 1.29 is 9.90 Å². The SMILES string of the molecule is CCCN(CCO)C(=O)c1cccn1CC. The summed E-state index contributed by atoms with van der Waals surface area (Å²) >= 11 is 0. The van der Waals surface area contributed by atoms with Gasteiger partial charge in [0, 0.05) is 25.8 Å². The molecular formula is C12H20N2O2. The maximum Gasteiger partial charge on any atom is 0.270 e. The number of carbonyl (C=O) groups excluding carboxylic acids is 1. The van der Waals surface area contributed by atoms with Crippen LogP contribution in [-0.2, 0) is 6.54 Å². The zero-order valence-corrected chi connectivity index (χ0v) is 10.0. The van der Waals surface area contributed by atoms with Crippen LogP contribution in [0.4, 0.5) is 0 Å². The Balaban J connectivity index is 2.81. The molecule has 0 unspecified atom stereocenters. The lowest BCUT2D eigenvalue weighted by Crippen LogP contribution is -2.35. The quantitative estimate of drug-likeness (QED) is 0.793. The number of aryl methyl sites for hydroxylation is 1. The Morgan fingerprint density at radius 1 is 1.44 bits per heavy atom. The first-order valence-corrected chi connectivity index (χ1v) is 5.79. The zero-order chi connectivity index (χ0) is 12.0. The van der Waals surface area contributed by atoms with Crippen molar-refractivity contribution in [2.75, 3.05) is 19.7 Å². The predicted octanol–water partition coefficient (Wildman–Crippen LogP) is 1.35. The highest BCUT2D eigenvalue weighted by Gasteiger charge is 2.16. The molecule has 90 valence electrons. The van der Waals surface area contributed by atoms with E-state index in [2.05, 4.69) is 0 Å². The molecule has 0 aromatic carbocycles. The summed E-state index contributed by atoms with van der Waals surface area (Å²) in [5.41, 5.74) is 0.699. The van der Waals surface area contributed by atoms with Crippen molar-refractivity contribution in [2.24, 2.45) is 0 Å². The van der Waals surface area contributed by atoms with Gasteiger partial charge in [-0.2, -0.15) is 0 Å². The van der Waals surface area contributed by atoms with Gasteiger partial charge in [0.1, 0.15) is 5.69 Å². The Hall–Kier alpha value is -1.29. The molecule has 0 radical (unpaired) electrons. The van der Waals surface area contributed by atoms with Crippen molar-refractivity contribution in [3.63, 3.8) is 0 Å². The third kappa shape index (κ3) is 2.85.